The van der Waals surface area contributed by atoms with Crippen LogP contribution in [-0.4, -0.2) is 34.1 Å². The molecule has 2 aromatic rings. The maximum atomic E-state index is 13.1. The second kappa shape index (κ2) is 6.33. The van der Waals surface area contributed by atoms with Gasteiger partial charge in [-0.15, -0.1) is 0 Å². The summed E-state index contributed by atoms with van der Waals surface area (Å²) in [7, 11) is 0.753. The fourth-order valence-corrected chi connectivity index (χ4v) is 4.48. The van der Waals surface area contributed by atoms with Crippen molar-refractivity contribution >= 4 is 10.0 Å². The number of nitrogens with zero attached hydrogens (tertiary/aromatic N) is 1. The predicted molar refractivity (Wildman–Crippen MR) is 89.0 cm³/mol. The second-order valence-electron chi connectivity index (χ2n) is 5.36. The first kappa shape index (κ1) is 16.6. The van der Waals surface area contributed by atoms with E-state index in [2.05, 4.69) is 0 Å². The van der Waals surface area contributed by atoms with Gasteiger partial charge >= 0.3 is 0 Å². The summed E-state index contributed by atoms with van der Waals surface area (Å²) in [5.74, 6) is 1.29. The monoisotopic (exact) mass is 349 g/mol. The molecule has 7 heteroatoms. The summed E-state index contributed by atoms with van der Waals surface area (Å²) in [5.41, 5.74) is 1.84. The second-order valence-corrected chi connectivity index (χ2v) is 7.27. The molecule has 128 valence electrons. The van der Waals surface area contributed by atoms with Crippen molar-refractivity contribution in [3.63, 3.8) is 0 Å². The topological polar surface area (TPSA) is 65.1 Å². The molecule has 2 aromatic carbocycles. The molecule has 24 heavy (non-hydrogen) atoms. The molecule has 0 aliphatic carbocycles. The van der Waals surface area contributed by atoms with Crippen LogP contribution < -0.4 is 14.2 Å². The smallest absolute Gasteiger partial charge is 0.247 e. The third kappa shape index (κ3) is 2.59. The van der Waals surface area contributed by atoms with Crippen molar-refractivity contribution in [1.82, 2.24) is 4.31 Å². The molecular weight excluding hydrogens is 330 g/mol. The van der Waals surface area contributed by atoms with Crippen molar-refractivity contribution in [2.24, 2.45) is 0 Å². The van der Waals surface area contributed by atoms with Crippen LogP contribution in [0.1, 0.15) is 11.1 Å². The van der Waals surface area contributed by atoms with Crippen molar-refractivity contribution in [2.45, 2.75) is 18.0 Å². The zero-order valence-corrected chi connectivity index (χ0v) is 14.6. The molecular formula is C17H19NO5S. The molecule has 0 atom stereocenters. The number of para-hydroxylation sites is 1. The summed E-state index contributed by atoms with van der Waals surface area (Å²) >= 11 is 0. The highest BCUT2D eigenvalue weighted by molar-refractivity contribution is 7.89. The van der Waals surface area contributed by atoms with E-state index in [1.165, 1.54) is 24.6 Å². The van der Waals surface area contributed by atoms with Gasteiger partial charge in [0, 0.05) is 18.7 Å². The molecule has 0 saturated heterocycles. The largest absolute Gasteiger partial charge is 0.496 e. The Labute approximate surface area is 141 Å². The Morgan fingerprint density at radius 3 is 2.21 bits per heavy atom. The summed E-state index contributed by atoms with van der Waals surface area (Å²) in [6.07, 6.45) is 0. The summed E-state index contributed by atoms with van der Waals surface area (Å²) < 4.78 is 43.4. The van der Waals surface area contributed by atoms with Gasteiger partial charge in [0.25, 0.3) is 0 Å². The molecule has 1 aliphatic heterocycles. The summed E-state index contributed by atoms with van der Waals surface area (Å²) in [6, 6.07) is 10.4. The number of hydrogen-bond acceptors (Lipinski definition) is 5. The SMILES string of the molecule is COc1cccc2c1CN(S(=O)(=O)c1cccc(OC)c1OC)C2. The van der Waals surface area contributed by atoms with Gasteiger partial charge in [-0.25, -0.2) is 8.42 Å². The van der Waals surface area contributed by atoms with Crippen molar-refractivity contribution in [2.75, 3.05) is 21.3 Å². The third-order valence-corrected chi connectivity index (χ3v) is 5.93. The molecule has 0 unspecified atom stereocenters. The zero-order valence-electron chi connectivity index (χ0n) is 13.8. The molecule has 0 spiro atoms. The van der Waals surface area contributed by atoms with E-state index in [1.54, 1.807) is 19.2 Å². The van der Waals surface area contributed by atoms with Gasteiger partial charge in [0.05, 0.1) is 21.3 Å². The zero-order chi connectivity index (χ0) is 17.3. The van der Waals surface area contributed by atoms with E-state index in [4.69, 9.17) is 14.2 Å². The Kier molecular flexibility index (Phi) is 4.38. The van der Waals surface area contributed by atoms with Gasteiger partial charge in [0.1, 0.15) is 10.6 Å². The lowest BCUT2D eigenvalue weighted by Gasteiger charge is -2.19. The standard InChI is InChI=1S/C17H19NO5S/c1-21-14-7-4-6-12-10-18(11-13(12)14)24(19,20)16-9-5-8-15(22-2)17(16)23-3/h4-9H,10-11H2,1-3H3. The fraction of sp³-hybridized carbons (Fsp3) is 0.294. The van der Waals surface area contributed by atoms with E-state index in [-0.39, 0.29) is 17.2 Å². The first-order valence-electron chi connectivity index (χ1n) is 7.38. The van der Waals surface area contributed by atoms with Crippen LogP contribution in [0.15, 0.2) is 41.3 Å². The van der Waals surface area contributed by atoms with Crippen LogP contribution in [0.25, 0.3) is 0 Å². The van der Waals surface area contributed by atoms with Crippen LogP contribution in [0.2, 0.25) is 0 Å². The summed E-state index contributed by atoms with van der Waals surface area (Å²) in [6.45, 7) is 0.567. The molecule has 0 bridgehead atoms. The Hall–Kier alpha value is -2.25. The van der Waals surface area contributed by atoms with Crippen molar-refractivity contribution in [1.29, 1.82) is 0 Å². The first-order chi connectivity index (χ1) is 11.5. The average molecular weight is 349 g/mol. The molecule has 3 rings (SSSR count). The molecule has 0 radical (unpaired) electrons. The number of benzene rings is 2. The van der Waals surface area contributed by atoms with Crippen molar-refractivity contribution < 1.29 is 22.6 Å². The predicted octanol–water partition coefficient (Wildman–Crippen LogP) is 2.42. The van der Waals surface area contributed by atoms with Gasteiger partial charge in [-0.05, 0) is 23.8 Å². The van der Waals surface area contributed by atoms with Crippen LogP contribution in [0.3, 0.4) is 0 Å². The maximum absolute atomic E-state index is 13.1. The molecule has 0 amide bonds. The summed E-state index contributed by atoms with van der Waals surface area (Å²) in [4.78, 5) is 0.0936. The van der Waals surface area contributed by atoms with Gasteiger partial charge < -0.3 is 14.2 Å². The molecule has 0 fully saturated rings. The quantitative estimate of drug-likeness (QED) is 0.829. The lowest BCUT2D eigenvalue weighted by molar-refractivity contribution is 0.344. The molecule has 1 heterocycles. The van der Waals surface area contributed by atoms with Gasteiger partial charge in [0.15, 0.2) is 11.5 Å². The summed E-state index contributed by atoms with van der Waals surface area (Å²) in [5, 5.41) is 0. The van der Waals surface area contributed by atoms with Crippen molar-refractivity contribution in [3.05, 3.63) is 47.5 Å². The minimum absolute atomic E-state index is 0.0936. The molecule has 0 saturated carbocycles. The lowest BCUT2D eigenvalue weighted by atomic mass is 10.1. The number of fused-ring (bicyclic) bond motifs is 1. The van der Waals surface area contributed by atoms with E-state index in [1.807, 2.05) is 18.2 Å². The Morgan fingerprint density at radius 2 is 1.54 bits per heavy atom. The van der Waals surface area contributed by atoms with E-state index < -0.39 is 10.0 Å². The number of rotatable bonds is 5. The highest BCUT2D eigenvalue weighted by atomic mass is 32.2. The van der Waals surface area contributed by atoms with Crippen molar-refractivity contribution in [3.8, 4) is 17.2 Å². The van der Waals surface area contributed by atoms with E-state index in [0.717, 1.165) is 11.1 Å². The van der Waals surface area contributed by atoms with E-state index in [9.17, 15) is 8.42 Å². The van der Waals surface area contributed by atoms with E-state index in [0.29, 0.717) is 18.0 Å². The van der Waals surface area contributed by atoms with Crippen LogP contribution in [-0.2, 0) is 23.1 Å². The van der Waals surface area contributed by atoms with Gasteiger partial charge in [-0.3, -0.25) is 0 Å². The molecule has 6 nitrogen and oxygen atoms in total. The molecule has 0 aromatic heterocycles. The Morgan fingerprint density at radius 1 is 0.875 bits per heavy atom. The van der Waals surface area contributed by atoms with Crippen LogP contribution in [0.4, 0.5) is 0 Å². The maximum Gasteiger partial charge on any atom is 0.247 e. The van der Waals surface area contributed by atoms with E-state index >= 15 is 0 Å². The lowest BCUT2D eigenvalue weighted by Crippen LogP contribution is -2.26. The van der Waals surface area contributed by atoms with Crippen LogP contribution in [0.5, 0.6) is 17.2 Å². The molecule has 0 N–H and O–H groups in total. The third-order valence-electron chi connectivity index (χ3n) is 4.12. The van der Waals surface area contributed by atoms with Crippen LogP contribution in [0, 0.1) is 0 Å². The first-order valence-corrected chi connectivity index (χ1v) is 8.82. The Balaban J connectivity index is 2.02. The van der Waals surface area contributed by atoms with Gasteiger partial charge in [0.2, 0.25) is 10.0 Å². The number of hydrogen-bond donors (Lipinski definition) is 0. The van der Waals surface area contributed by atoms with Gasteiger partial charge in [-0.2, -0.15) is 4.31 Å². The molecule has 1 aliphatic rings. The van der Waals surface area contributed by atoms with Gasteiger partial charge in [-0.1, -0.05) is 18.2 Å². The Bertz CT molecular complexity index is 863. The average Bonchev–Trinajstić information content (AvgIpc) is 3.05. The normalized spacial score (nSPS) is 14.3. The number of methoxy groups -OCH3 is 3. The number of sulfonamides is 1. The number of ether oxygens (including phenoxy) is 3. The minimum Gasteiger partial charge on any atom is -0.496 e. The van der Waals surface area contributed by atoms with Crippen LogP contribution >= 0.6 is 0 Å². The minimum atomic E-state index is -3.73. The highest BCUT2D eigenvalue weighted by Crippen LogP contribution is 2.39. The fourth-order valence-electron chi connectivity index (χ4n) is 2.92. The highest BCUT2D eigenvalue weighted by Gasteiger charge is 2.34.